The van der Waals surface area contributed by atoms with Crippen LogP contribution in [0, 0.1) is 0 Å². The fourth-order valence-electron chi connectivity index (χ4n) is 1.42. The fourth-order valence-corrected chi connectivity index (χ4v) is 6.97. The maximum absolute atomic E-state index is 8.62. The van der Waals surface area contributed by atoms with Crippen LogP contribution >= 0.6 is 41.2 Å². The van der Waals surface area contributed by atoms with Gasteiger partial charge in [0.05, 0.1) is 12.8 Å². The van der Waals surface area contributed by atoms with E-state index in [9.17, 15) is 0 Å². The largest absolute Gasteiger partial charge is 0.361 e. The van der Waals surface area contributed by atoms with Crippen molar-refractivity contribution in [2.45, 2.75) is 12.8 Å². The number of hydrogen-bond donors (Lipinski definition) is 0. The number of hydrogen-bond acceptors (Lipinski definition) is 4. The highest BCUT2D eigenvalue weighted by Gasteiger charge is 2.10. The van der Waals surface area contributed by atoms with Crippen LogP contribution in [0.25, 0.3) is 11.1 Å². The van der Waals surface area contributed by atoms with Gasteiger partial charge in [0.2, 0.25) is 0 Å². The van der Waals surface area contributed by atoms with Crippen molar-refractivity contribution in [3.05, 3.63) is 57.3 Å². The summed E-state index contributed by atoms with van der Waals surface area (Å²) in [4.78, 5) is 8.67. The molecule has 0 fully saturated rings. The van der Waals surface area contributed by atoms with E-state index in [1.807, 2.05) is 36.5 Å². The molecule has 2 aliphatic rings. The lowest BCUT2D eigenvalue weighted by molar-refractivity contribution is -0.00586. The molecule has 102 valence electrons. The molecule has 20 heavy (non-hydrogen) atoms. The molecule has 0 saturated carbocycles. The van der Waals surface area contributed by atoms with Crippen LogP contribution in [0.2, 0.25) is 0 Å². The zero-order valence-electron chi connectivity index (χ0n) is 10.3. The molecule has 0 aliphatic heterocycles. The van der Waals surface area contributed by atoms with Crippen LogP contribution in [0.15, 0.2) is 46.3 Å². The van der Waals surface area contributed by atoms with Crippen molar-refractivity contribution in [2.24, 2.45) is 0 Å². The SMILES string of the molecule is [N-]=[N+]=C1C=CC(SSSSC2=CCC(=[N+]=[N-])C=C2)=CC1. The van der Waals surface area contributed by atoms with Gasteiger partial charge >= 0.3 is 0 Å². The van der Waals surface area contributed by atoms with Gasteiger partial charge in [-0.25, -0.2) is 0 Å². The summed E-state index contributed by atoms with van der Waals surface area (Å²) in [5, 5.41) is 0. The van der Waals surface area contributed by atoms with Crippen molar-refractivity contribution in [3.8, 4) is 0 Å². The van der Waals surface area contributed by atoms with Crippen LogP contribution < -0.4 is 0 Å². The maximum Gasteiger partial charge on any atom is 0.295 e. The Morgan fingerprint density at radius 3 is 1.50 bits per heavy atom. The van der Waals surface area contributed by atoms with Gasteiger partial charge in [0.25, 0.3) is 11.4 Å². The molecule has 0 amide bonds. The van der Waals surface area contributed by atoms with Crippen LogP contribution in [0.3, 0.4) is 0 Å². The van der Waals surface area contributed by atoms with Crippen LogP contribution in [0.1, 0.15) is 12.8 Å². The van der Waals surface area contributed by atoms with Crippen LogP contribution in [-0.2, 0) is 0 Å². The summed E-state index contributed by atoms with van der Waals surface area (Å²) >= 11 is 0. The summed E-state index contributed by atoms with van der Waals surface area (Å²) in [5.41, 5.74) is 18.6. The molecule has 0 atom stereocenters. The van der Waals surface area contributed by atoms with Crippen LogP contribution in [0.4, 0.5) is 0 Å². The highest BCUT2D eigenvalue weighted by Crippen LogP contribution is 2.50. The van der Waals surface area contributed by atoms with E-state index < -0.39 is 0 Å². The summed E-state index contributed by atoms with van der Waals surface area (Å²) in [6.07, 6.45) is 13.0. The predicted molar refractivity (Wildman–Crippen MR) is 91.3 cm³/mol. The lowest BCUT2D eigenvalue weighted by atomic mass is 10.2. The zero-order valence-corrected chi connectivity index (χ0v) is 13.6. The molecule has 2 aliphatic carbocycles. The molecule has 0 aromatic carbocycles. The Kier molecular flexibility index (Phi) is 6.53. The molecule has 0 aromatic heterocycles. The van der Waals surface area contributed by atoms with Crippen LogP contribution in [-0.4, -0.2) is 21.0 Å². The summed E-state index contributed by atoms with van der Waals surface area (Å²) in [6.45, 7) is 0. The first-order chi connectivity index (χ1) is 9.81. The van der Waals surface area contributed by atoms with Gasteiger partial charge in [-0.2, -0.15) is 9.58 Å². The summed E-state index contributed by atoms with van der Waals surface area (Å²) in [5.74, 6) is 0. The van der Waals surface area contributed by atoms with E-state index in [0.29, 0.717) is 24.3 Å². The lowest BCUT2D eigenvalue weighted by Gasteiger charge is -2.04. The molecule has 2 rings (SSSR count). The Balaban J connectivity index is 1.68. The second-order valence-corrected chi connectivity index (χ2v) is 9.59. The van der Waals surface area contributed by atoms with Crippen LogP contribution in [0.5, 0.6) is 0 Å². The summed E-state index contributed by atoms with van der Waals surface area (Å²) < 4.78 is 0. The minimum Gasteiger partial charge on any atom is -0.361 e. The average Bonchev–Trinajstić information content (AvgIpc) is 2.53. The van der Waals surface area contributed by atoms with Gasteiger partial charge in [0, 0.05) is 22.0 Å². The van der Waals surface area contributed by atoms with E-state index in [1.165, 1.54) is 9.81 Å². The van der Waals surface area contributed by atoms with E-state index in [2.05, 4.69) is 9.58 Å². The monoisotopic (exact) mass is 338 g/mol. The quantitative estimate of drug-likeness (QED) is 0.315. The zero-order chi connectivity index (χ0) is 14.2. The molecule has 0 heterocycles. The van der Waals surface area contributed by atoms with Crippen molar-refractivity contribution in [2.75, 3.05) is 0 Å². The number of rotatable bonds is 5. The second-order valence-electron chi connectivity index (χ2n) is 3.77. The van der Waals surface area contributed by atoms with Gasteiger partial charge < -0.3 is 11.1 Å². The minimum absolute atomic E-state index is 0.671. The molecule has 0 aromatic rings. The molecule has 8 heteroatoms. The smallest absolute Gasteiger partial charge is 0.295 e. The third kappa shape index (κ3) is 4.90. The molecular weight excluding hydrogens is 328 g/mol. The third-order valence-corrected chi connectivity index (χ3v) is 8.59. The standard InChI is InChI=1S/C12H10N4S4/c13-15-9-1-5-11(6-2-9)17-19-20-18-12-7-3-10(16-14)4-8-12/h1,3,5-8H,2,4H2. The first-order valence-corrected chi connectivity index (χ1v) is 10.5. The van der Waals surface area contributed by atoms with Crippen molar-refractivity contribution < 1.29 is 9.58 Å². The molecule has 4 nitrogen and oxygen atoms in total. The molecule has 0 bridgehead atoms. The number of nitrogens with zero attached hydrogens (tertiary/aromatic N) is 4. The highest BCUT2D eigenvalue weighted by molar-refractivity contribution is 9.26. The van der Waals surface area contributed by atoms with E-state index in [4.69, 9.17) is 11.1 Å². The molecule has 0 saturated heterocycles. The van der Waals surface area contributed by atoms with Gasteiger partial charge in [-0.1, -0.05) is 12.2 Å². The van der Waals surface area contributed by atoms with Crippen molar-refractivity contribution in [3.63, 3.8) is 0 Å². The normalized spacial score (nSPS) is 17.4. The average molecular weight is 339 g/mol. The first kappa shape index (κ1) is 15.5. The third-order valence-electron chi connectivity index (χ3n) is 2.45. The predicted octanol–water partition coefficient (Wildman–Crippen LogP) is 4.69. The van der Waals surface area contributed by atoms with Gasteiger partial charge in [0.1, 0.15) is 0 Å². The van der Waals surface area contributed by atoms with Crippen molar-refractivity contribution in [1.29, 1.82) is 0 Å². The van der Waals surface area contributed by atoms with Gasteiger partial charge in [0.15, 0.2) is 0 Å². The Hall–Kier alpha value is -0.880. The van der Waals surface area contributed by atoms with E-state index in [1.54, 1.807) is 41.2 Å². The Morgan fingerprint density at radius 2 is 1.20 bits per heavy atom. The van der Waals surface area contributed by atoms with E-state index in [-0.39, 0.29) is 0 Å². The van der Waals surface area contributed by atoms with E-state index >= 15 is 0 Å². The molecule has 0 unspecified atom stereocenters. The Bertz CT molecular complexity index is 551. The molecule has 0 radical (unpaired) electrons. The Morgan fingerprint density at radius 1 is 0.750 bits per heavy atom. The first-order valence-electron chi connectivity index (χ1n) is 5.68. The lowest BCUT2D eigenvalue weighted by Crippen LogP contribution is -1.96. The Labute approximate surface area is 132 Å². The summed E-state index contributed by atoms with van der Waals surface area (Å²) in [6, 6.07) is 0. The maximum atomic E-state index is 8.62. The highest BCUT2D eigenvalue weighted by atomic mass is 33.7. The van der Waals surface area contributed by atoms with Crippen molar-refractivity contribution in [1.82, 2.24) is 0 Å². The minimum atomic E-state index is 0.671. The van der Waals surface area contributed by atoms with Gasteiger partial charge in [-0.3, -0.25) is 0 Å². The molecular formula is C12H10N4S4. The fraction of sp³-hybridized carbons (Fsp3) is 0.167. The van der Waals surface area contributed by atoms with E-state index in [0.717, 1.165) is 0 Å². The number of allylic oxidation sites excluding steroid dienone is 6. The second kappa shape index (κ2) is 8.42. The van der Waals surface area contributed by atoms with Gasteiger partial charge in [-0.05, 0) is 53.4 Å². The molecule has 0 spiro atoms. The summed E-state index contributed by atoms with van der Waals surface area (Å²) in [7, 11) is 6.75. The van der Waals surface area contributed by atoms with Crippen molar-refractivity contribution >= 4 is 52.7 Å². The molecule has 0 N–H and O–H groups in total. The van der Waals surface area contributed by atoms with Gasteiger partial charge in [-0.15, -0.1) is 0 Å². The topological polar surface area (TPSA) is 72.8 Å².